The number of carbonyl (C=O) groups excluding carboxylic acids is 1. The number of hydrazone groups is 1. The van der Waals surface area contributed by atoms with Gasteiger partial charge in [0.2, 0.25) is 5.91 Å². The highest BCUT2D eigenvalue weighted by Crippen LogP contribution is 2.33. The van der Waals surface area contributed by atoms with Crippen molar-refractivity contribution in [3.8, 4) is 0 Å². The summed E-state index contributed by atoms with van der Waals surface area (Å²) in [6.07, 6.45) is 2.24. The van der Waals surface area contributed by atoms with E-state index in [0.29, 0.717) is 11.4 Å². The Morgan fingerprint density at radius 1 is 1.35 bits per heavy atom. The van der Waals surface area contributed by atoms with Gasteiger partial charge in [-0.05, 0) is 29.8 Å². The van der Waals surface area contributed by atoms with Crippen LogP contribution in [-0.4, -0.2) is 16.6 Å². The first-order valence-electron chi connectivity index (χ1n) is 6.32. The number of nitrogens with zero attached hydrogens (tertiary/aromatic N) is 2. The summed E-state index contributed by atoms with van der Waals surface area (Å²) in [4.78, 5) is 11.7. The molecule has 1 aromatic carbocycles. The van der Waals surface area contributed by atoms with Crippen LogP contribution < -0.4 is 0 Å². The molecule has 0 saturated carbocycles. The molecule has 1 aromatic heterocycles. The maximum atomic E-state index is 11.7. The van der Waals surface area contributed by atoms with Gasteiger partial charge in [0.1, 0.15) is 11.8 Å². The fourth-order valence-corrected chi connectivity index (χ4v) is 2.45. The van der Waals surface area contributed by atoms with Crippen LogP contribution in [0.25, 0.3) is 0 Å². The Balaban J connectivity index is 1.92. The zero-order chi connectivity index (χ0) is 14.1. The van der Waals surface area contributed by atoms with Crippen molar-refractivity contribution < 1.29 is 9.21 Å². The molecule has 20 heavy (non-hydrogen) atoms. The summed E-state index contributed by atoms with van der Waals surface area (Å²) < 4.78 is 5.41. The second kappa shape index (κ2) is 5.13. The molecule has 102 valence electrons. The molecule has 0 N–H and O–H groups in total. The fraction of sp³-hybridized carbons (Fsp3) is 0.200. The number of furan rings is 1. The molecule has 0 spiro atoms. The lowest BCUT2D eigenvalue weighted by Crippen LogP contribution is -2.23. The summed E-state index contributed by atoms with van der Waals surface area (Å²) in [6, 6.07) is 11.0. The molecular formula is C15H13ClN2O2. The molecule has 2 heterocycles. The lowest BCUT2D eigenvalue weighted by Gasteiger charge is -2.17. The van der Waals surface area contributed by atoms with Gasteiger partial charge in [-0.1, -0.05) is 23.7 Å². The summed E-state index contributed by atoms with van der Waals surface area (Å²) in [5.74, 6) is 0.642. The third-order valence-electron chi connectivity index (χ3n) is 3.28. The predicted octanol–water partition coefficient (Wildman–Crippen LogP) is 3.63. The average molecular weight is 289 g/mol. The van der Waals surface area contributed by atoms with Crippen molar-refractivity contribution >= 4 is 23.2 Å². The average Bonchev–Trinajstić information content (AvgIpc) is 3.08. The molecular weight excluding hydrogens is 276 g/mol. The number of hydrogen-bond acceptors (Lipinski definition) is 3. The number of hydrogen-bond donors (Lipinski definition) is 0. The molecule has 4 nitrogen and oxygen atoms in total. The Morgan fingerprint density at radius 2 is 2.10 bits per heavy atom. The van der Waals surface area contributed by atoms with Crippen molar-refractivity contribution in [2.75, 3.05) is 0 Å². The molecule has 3 rings (SSSR count). The van der Waals surface area contributed by atoms with Gasteiger partial charge < -0.3 is 4.42 Å². The van der Waals surface area contributed by atoms with Gasteiger partial charge in [-0.25, -0.2) is 5.01 Å². The zero-order valence-corrected chi connectivity index (χ0v) is 11.7. The SMILES string of the molecule is CC(=O)N1N=C(c2ccc(Cl)cc2)C[C@@H]1c1ccco1. The van der Waals surface area contributed by atoms with Gasteiger partial charge in [-0.2, -0.15) is 5.10 Å². The minimum absolute atomic E-state index is 0.102. The van der Waals surface area contributed by atoms with E-state index < -0.39 is 0 Å². The van der Waals surface area contributed by atoms with E-state index in [2.05, 4.69) is 5.10 Å². The number of amides is 1. The van der Waals surface area contributed by atoms with E-state index in [4.69, 9.17) is 16.0 Å². The number of halogens is 1. The highest BCUT2D eigenvalue weighted by atomic mass is 35.5. The van der Waals surface area contributed by atoms with Crippen LogP contribution in [0, 0.1) is 0 Å². The van der Waals surface area contributed by atoms with Crippen LogP contribution in [0.2, 0.25) is 5.02 Å². The smallest absolute Gasteiger partial charge is 0.240 e. The van der Waals surface area contributed by atoms with Gasteiger partial charge in [0.05, 0.1) is 12.0 Å². The maximum absolute atomic E-state index is 11.7. The minimum Gasteiger partial charge on any atom is -0.467 e. The number of carbonyl (C=O) groups is 1. The predicted molar refractivity (Wildman–Crippen MR) is 76.6 cm³/mol. The van der Waals surface area contributed by atoms with Crippen LogP contribution in [0.5, 0.6) is 0 Å². The van der Waals surface area contributed by atoms with E-state index in [0.717, 1.165) is 17.0 Å². The molecule has 1 aliphatic heterocycles. The molecule has 0 saturated heterocycles. The molecule has 2 aromatic rings. The first-order valence-corrected chi connectivity index (χ1v) is 6.69. The first-order chi connectivity index (χ1) is 9.65. The van der Waals surface area contributed by atoms with Gasteiger partial charge in [-0.3, -0.25) is 4.79 Å². The van der Waals surface area contributed by atoms with Crippen molar-refractivity contribution in [3.05, 3.63) is 59.0 Å². The topological polar surface area (TPSA) is 45.8 Å². The van der Waals surface area contributed by atoms with E-state index in [1.165, 1.54) is 11.9 Å². The van der Waals surface area contributed by atoms with Crippen molar-refractivity contribution in [2.45, 2.75) is 19.4 Å². The summed E-state index contributed by atoms with van der Waals surface area (Å²) >= 11 is 5.89. The van der Waals surface area contributed by atoms with Crippen molar-refractivity contribution in [1.82, 2.24) is 5.01 Å². The third kappa shape index (κ3) is 2.34. The Labute approximate surface area is 121 Å². The van der Waals surface area contributed by atoms with Gasteiger partial charge in [0.25, 0.3) is 0 Å². The lowest BCUT2D eigenvalue weighted by molar-refractivity contribution is -0.130. The Hall–Kier alpha value is -2.07. The first kappa shape index (κ1) is 12.9. The van der Waals surface area contributed by atoms with Gasteiger partial charge in [-0.15, -0.1) is 0 Å². The normalized spacial score (nSPS) is 18.2. The van der Waals surface area contributed by atoms with Crippen LogP contribution in [0.3, 0.4) is 0 Å². The summed E-state index contributed by atoms with van der Waals surface area (Å²) in [6.45, 7) is 1.50. The molecule has 1 atom stereocenters. The molecule has 0 fully saturated rings. The van der Waals surface area contributed by atoms with Crippen molar-refractivity contribution in [3.63, 3.8) is 0 Å². The molecule has 0 radical (unpaired) electrons. The van der Waals surface area contributed by atoms with Gasteiger partial charge in [0.15, 0.2) is 0 Å². The van der Waals surface area contributed by atoms with E-state index >= 15 is 0 Å². The Bertz CT molecular complexity index is 647. The molecule has 1 aliphatic rings. The second-order valence-corrected chi connectivity index (χ2v) is 5.09. The molecule has 0 bridgehead atoms. The van der Waals surface area contributed by atoms with Crippen LogP contribution in [-0.2, 0) is 4.79 Å². The lowest BCUT2D eigenvalue weighted by atomic mass is 10.0. The van der Waals surface area contributed by atoms with Crippen LogP contribution in [0.1, 0.15) is 30.7 Å². The minimum atomic E-state index is -0.173. The van der Waals surface area contributed by atoms with E-state index in [1.807, 2.05) is 36.4 Å². The van der Waals surface area contributed by atoms with E-state index in [1.54, 1.807) is 6.26 Å². The Morgan fingerprint density at radius 3 is 2.70 bits per heavy atom. The largest absolute Gasteiger partial charge is 0.467 e. The van der Waals surface area contributed by atoms with Gasteiger partial charge in [0, 0.05) is 18.4 Å². The highest BCUT2D eigenvalue weighted by Gasteiger charge is 2.33. The monoisotopic (exact) mass is 288 g/mol. The summed E-state index contributed by atoms with van der Waals surface area (Å²) in [7, 11) is 0. The van der Waals surface area contributed by atoms with Crippen molar-refractivity contribution in [1.29, 1.82) is 0 Å². The van der Waals surface area contributed by atoms with Gasteiger partial charge >= 0.3 is 0 Å². The third-order valence-corrected chi connectivity index (χ3v) is 3.53. The van der Waals surface area contributed by atoms with E-state index in [-0.39, 0.29) is 11.9 Å². The van der Waals surface area contributed by atoms with Crippen molar-refractivity contribution in [2.24, 2.45) is 5.10 Å². The van der Waals surface area contributed by atoms with E-state index in [9.17, 15) is 4.79 Å². The maximum Gasteiger partial charge on any atom is 0.240 e. The number of benzene rings is 1. The number of rotatable bonds is 2. The molecule has 1 amide bonds. The standard InChI is InChI=1S/C15H13ClN2O2/c1-10(19)18-14(15-3-2-8-20-15)9-13(17-18)11-4-6-12(16)7-5-11/h2-8,14H,9H2,1H3/t14-/m1/s1. The fourth-order valence-electron chi connectivity index (χ4n) is 2.32. The van der Waals surface area contributed by atoms with Crippen LogP contribution in [0.15, 0.2) is 52.2 Å². The molecule has 5 heteroatoms. The molecule has 0 unspecified atom stereocenters. The zero-order valence-electron chi connectivity index (χ0n) is 10.9. The van der Waals surface area contributed by atoms with Crippen LogP contribution >= 0.6 is 11.6 Å². The summed E-state index contributed by atoms with van der Waals surface area (Å²) in [5.41, 5.74) is 1.83. The van der Waals surface area contributed by atoms with Crippen LogP contribution in [0.4, 0.5) is 0 Å². The molecule has 0 aliphatic carbocycles. The quantitative estimate of drug-likeness (QED) is 0.847. The highest BCUT2D eigenvalue weighted by molar-refractivity contribution is 6.30. The Kier molecular flexibility index (Phi) is 3.32. The summed E-state index contributed by atoms with van der Waals surface area (Å²) in [5, 5.41) is 6.58. The second-order valence-electron chi connectivity index (χ2n) is 4.65.